The molecule has 0 atom stereocenters. The highest BCUT2D eigenvalue weighted by molar-refractivity contribution is 6.00. The van der Waals surface area contributed by atoms with Crippen LogP contribution in [0.5, 0.6) is 0 Å². The lowest BCUT2D eigenvalue weighted by Crippen LogP contribution is -2.36. The van der Waals surface area contributed by atoms with Crippen molar-refractivity contribution in [3.05, 3.63) is 33.9 Å². The number of aliphatic hydroxyl groups excluding tert-OH is 1. The minimum atomic E-state index is -0.595. The van der Waals surface area contributed by atoms with Crippen LogP contribution < -0.4 is 11.3 Å². The number of amides is 1. The third-order valence-electron chi connectivity index (χ3n) is 2.82. The highest BCUT2D eigenvalue weighted by atomic mass is 16.6. The smallest absolute Gasteiger partial charge is 0.270 e. The van der Waals surface area contributed by atoms with Gasteiger partial charge < -0.3 is 20.2 Å². The number of methoxy groups -OCH3 is 1. The first-order valence-corrected chi connectivity index (χ1v) is 6.19. The topological polar surface area (TPSA) is 131 Å². The summed E-state index contributed by atoms with van der Waals surface area (Å²) in [5, 5.41) is 19.8. The van der Waals surface area contributed by atoms with Gasteiger partial charge in [0.1, 0.15) is 0 Å². The Balaban J connectivity index is 3.11. The maximum Gasteiger partial charge on any atom is 0.270 e. The van der Waals surface area contributed by atoms with Gasteiger partial charge in [0.25, 0.3) is 11.6 Å². The van der Waals surface area contributed by atoms with Crippen molar-refractivity contribution in [3.63, 3.8) is 0 Å². The molecule has 0 aliphatic carbocycles. The Kier molecular flexibility index (Phi) is 6.53. The van der Waals surface area contributed by atoms with Gasteiger partial charge in [0, 0.05) is 32.3 Å². The molecule has 9 heteroatoms. The van der Waals surface area contributed by atoms with Crippen molar-refractivity contribution in [2.75, 3.05) is 38.8 Å². The summed E-state index contributed by atoms with van der Waals surface area (Å²) in [5.41, 5.74) is 2.45. The van der Waals surface area contributed by atoms with Gasteiger partial charge in [-0.15, -0.1) is 0 Å². The number of nitrogens with two attached hydrogens (primary N) is 1. The lowest BCUT2D eigenvalue weighted by Gasteiger charge is -2.22. The zero-order chi connectivity index (χ0) is 15.8. The lowest BCUT2D eigenvalue weighted by molar-refractivity contribution is -0.384. The number of benzene rings is 1. The standard InChI is InChI=1S/C12H18N4O5/c1-21-7-5-15(4-6-17)12(18)10-8-9(16(19)20)2-3-11(10)14-13/h2-3,8,14,17H,4-7,13H2,1H3. The van der Waals surface area contributed by atoms with Crippen molar-refractivity contribution >= 4 is 17.3 Å². The number of ether oxygens (including phenoxy) is 1. The van der Waals surface area contributed by atoms with Crippen molar-refractivity contribution in [2.45, 2.75) is 0 Å². The molecule has 0 aliphatic heterocycles. The molecule has 0 aromatic heterocycles. The van der Waals surface area contributed by atoms with Gasteiger partial charge in [0.2, 0.25) is 0 Å². The van der Waals surface area contributed by atoms with E-state index in [1.165, 1.54) is 24.1 Å². The fraction of sp³-hybridized carbons (Fsp3) is 0.417. The molecule has 0 saturated heterocycles. The van der Waals surface area contributed by atoms with Crippen LogP contribution >= 0.6 is 0 Å². The second kappa shape index (κ2) is 8.15. The van der Waals surface area contributed by atoms with Crippen molar-refractivity contribution < 1.29 is 19.6 Å². The number of nitrogens with one attached hydrogen (secondary N) is 1. The number of hydrogen-bond acceptors (Lipinski definition) is 7. The Morgan fingerprint density at radius 2 is 2.24 bits per heavy atom. The average molecular weight is 298 g/mol. The zero-order valence-electron chi connectivity index (χ0n) is 11.6. The van der Waals surface area contributed by atoms with Crippen LogP contribution in [0.2, 0.25) is 0 Å². The summed E-state index contributed by atoms with van der Waals surface area (Å²) in [4.78, 5) is 24.0. The van der Waals surface area contributed by atoms with Gasteiger partial charge in [-0.2, -0.15) is 0 Å². The van der Waals surface area contributed by atoms with Gasteiger partial charge in [-0.1, -0.05) is 0 Å². The molecule has 9 nitrogen and oxygen atoms in total. The third-order valence-corrected chi connectivity index (χ3v) is 2.82. The summed E-state index contributed by atoms with van der Waals surface area (Å²) in [6.45, 7) is 0.402. The molecule has 1 aromatic rings. The summed E-state index contributed by atoms with van der Waals surface area (Å²) in [6, 6.07) is 3.75. The van der Waals surface area contributed by atoms with Crippen molar-refractivity contribution in [1.82, 2.24) is 4.90 Å². The van der Waals surface area contributed by atoms with Gasteiger partial charge in [-0.25, -0.2) is 0 Å². The van der Waals surface area contributed by atoms with Gasteiger partial charge in [0.05, 0.1) is 29.4 Å². The van der Waals surface area contributed by atoms with E-state index in [0.717, 1.165) is 6.07 Å². The number of aliphatic hydroxyl groups is 1. The predicted octanol–water partition coefficient (Wildman–Crippen LogP) is -0.0387. The molecule has 21 heavy (non-hydrogen) atoms. The van der Waals surface area contributed by atoms with Crippen LogP contribution in [0, 0.1) is 10.1 Å². The average Bonchev–Trinajstić information content (AvgIpc) is 2.49. The maximum atomic E-state index is 12.4. The van der Waals surface area contributed by atoms with Crippen LogP contribution in [0.3, 0.4) is 0 Å². The molecule has 1 amide bonds. The summed E-state index contributed by atoms with van der Waals surface area (Å²) < 4.78 is 4.90. The number of non-ortho nitro benzene ring substituents is 1. The SMILES string of the molecule is COCCN(CCO)C(=O)c1cc([N+](=O)[O-])ccc1NN. The maximum absolute atomic E-state index is 12.4. The molecule has 0 fully saturated rings. The van der Waals surface area contributed by atoms with Crippen molar-refractivity contribution in [1.29, 1.82) is 0 Å². The first-order chi connectivity index (χ1) is 10.0. The van der Waals surface area contributed by atoms with E-state index in [1.54, 1.807) is 0 Å². The highest BCUT2D eigenvalue weighted by Crippen LogP contribution is 2.23. The number of hydrazine groups is 1. The van der Waals surface area contributed by atoms with Crippen LogP contribution in [0.1, 0.15) is 10.4 Å². The fourth-order valence-corrected chi connectivity index (χ4v) is 1.76. The minimum absolute atomic E-state index is 0.0660. The number of anilines is 1. The Morgan fingerprint density at radius 3 is 2.76 bits per heavy atom. The molecule has 116 valence electrons. The molecule has 1 rings (SSSR count). The third kappa shape index (κ3) is 4.38. The van der Waals surface area contributed by atoms with E-state index in [0.29, 0.717) is 0 Å². The molecular weight excluding hydrogens is 280 g/mol. The van der Waals surface area contributed by atoms with Gasteiger partial charge in [-0.3, -0.25) is 20.8 Å². The molecule has 4 N–H and O–H groups in total. The van der Waals surface area contributed by atoms with Crippen LogP contribution in [-0.2, 0) is 4.74 Å². The summed E-state index contributed by atoms with van der Waals surface area (Å²) in [7, 11) is 1.49. The molecule has 0 unspecified atom stereocenters. The molecule has 0 spiro atoms. The van der Waals surface area contributed by atoms with E-state index in [1.807, 2.05) is 0 Å². The molecule has 0 radical (unpaired) electrons. The van der Waals surface area contributed by atoms with E-state index in [-0.39, 0.29) is 43.2 Å². The molecular formula is C12H18N4O5. The van der Waals surface area contributed by atoms with Crippen LogP contribution in [0.15, 0.2) is 18.2 Å². The first kappa shape index (κ1) is 16.8. The zero-order valence-corrected chi connectivity index (χ0v) is 11.6. The summed E-state index contributed by atoms with van der Waals surface area (Å²) >= 11 is 0. The van der Waals surface area contributed by atoms with Crippen molar-refractivity contribution in [3.8, 4) is 0 Å². The van der Waals surface area contributed by atoms with E-state index in [4.69, 9.17) is 15.7 Å². The van der Waals surface area contributed by atoms with E-state index >= 15 is 0 Å². The van der Waals surface area contributed by atoms with Gasteiger partial charge in [-0.05, 0) is 6.07 Å². The highest BCUT2D eigenvalue weighted by Gasteiger charge is 2.21. The number of carbonyl (C=O) groups excluding carboxylic acids is 1. The lowest BCUT2D eigenvalue weighted by atomic mass is 10.1. The molecule has 0 aliphatic rings. The van der Waals surface area contributed by atoms with Crippen LogP contribution in [0.4, 0.5) is 11.4 Å². The van der Waals surface area contributed by atoms with Crippen LogP contribution in [-0.4, -0.2) is 54.3 Å². The minimum Gasteiger partial charge on any atom is -0.395 e. The van der Waals surface area contributed by atoms with Gasteiger partial charge in [0.15, 0.2) is 0 Å². The normalized spacial score (nSPS) is 10.2. The second-order valence-electron chi connectivity index (χ2n) is 4.14. The van der Waals surface area contributed by atoms with Gasteiger partial charge >= 0.3 is 0 Å². The first-order valence-electron chi connectivity index (χ1n) is 6.19. The fourth-order valence-electron chi connectivity index (χ4n) is 1.76. The number of carbonyl (C=O) groups is 1. The Hall–Kier alpha value is -2.23. The molecule has 0 bridgehead atoms. The largest absolute Gasteiger partial charge is 0.395 e. The number of nitrogen functional groups attached to an aromatic ring is 1. The second-order valence-corrected chi connectivity index (χ2v) is 4.14. The summed E-state index contributed by atoms with van der Waals surface area (Å²) in [5.74, 6) is 4.85. The number of rotatable bonds is 8. The number of nitro groups is 1. The van der Waals surface area contributed by atoms with Crippen molar-refractivity contribution in [2.24, 2.45) is 5.84 Å². The monoisotopic (exact) mass is 298 g/mol. The number of nitro benzene ring substituents is 1. The molecule has 0 saturated carbocycles. The predicted molar refractivity (Wildman–Crippen MR) is 75.8 cm³/mol. The Bertz CT molecular complexity index is 508. The Morgan fingerprint density at radius 1 is 1.52 bits per heavy atom. The Labute approximate surface area is 121 Å². The van der Waals surface area contributed by atoms with E-state index in [9.17, 15) is 14.9 Å². The van der Waals surface area contributed by atoms with Crippen LogP contribution in [0.25, 0.3) is 0 Å². The number of hydrogen-bond donors (Lipinski definition) is 3. The number of nitrogens with zero attached hydrogens (tertiary/aromatic N) is 2. The van der Waals surface area contributed by atoms with E-state index in [2.05, 4.69) is 5.43 Å². The van der Waals surface area contributed by atoms with E-state index < -0.39 is 10.8 Å². The molecule has 1 aromatic carbocycles. The quantitative estimate of drug-likeness (QED) is 0.348. The summed E-state index contributed by atoms with van der Waals surface area (Å²) in [6.07, 6.45) is 0. The molecule has 0 heterocycles.